The summed E-state index contributed by atoms with van der Waals surface area (Å²) in [6.45, 7) is 3.81. The van der Waals surface area contributed by atoms with Gasteiger partial charge in [-0.25, -0.2) is 14.8 Å². The van der Waals surface area contributed by atoms with Crippen LogP contribution < -0.4 is 5.73 Å². The Morgan fingerprint density at radius 2 is 2.18 bits per heavy atom. The number of aromatic amines is 1. The topological polar surface area (TPSA) is 93.4 Å². The van der Waals surface area contributed by atoms with E-state index < -0.39 is 5.97 Å². The maximum Gasteiger partial charge on any atom is 0.358 e. The third-order valence-corrected chi connectivity index (χ3v) is 3.19. The van der Waals surface area contributed by atoms with Crippen LogP contribution in [0.1, 0.15) is 23.1 Å². The fourth-order valence-corrected chi connectivity index (χ4v) is 2.00. The normalized spacial score (nSPS) is 11.5. The van der Waals surface area contributed by atoms with Gasteiger partial charge < -0.3 is 15.5 Å². The number of H-pyrrole nitrogens is 1. The van der Waals surface area contributed by atoms with Crippen molar-refractivity contribution in [3.8, 4) is 11.4 Å². The predicted molar refractivity (Wildman–Crippen MR) is 86.7 cm³/mol. The Balaban J connectivity index is 2.45. The van der Waals surface area contributed by atoms with Crippen LogP contribution >= 0.6 is 11.6 Å². The number of esters is 1. The summed E-state index contributed by atoms with van der Waals surface area (Å²) >= 11 is 5.67. The highest BCUT2D eigenvalue weighted by Crippen LogP contribution is 2.29. The van der Waals surface area contributed by atoms with Crippen LogP contribution in [0.2, 0.25) is 0 Å². The zero-order chi connectivity index (χ0) is 16.1. The van der Waals surface area contributed by atoms with E-state index in [-0.39, 0.29) is 11.6 Å². The molecule has 22 heavy (non-hydrogen) atoms. The molecule has 1 aromatic carbocycles. The molecule has 0 fully saturated rings. The van der Waals surface area contributed by atoms with Gasteiger partial charge in [0.1, 0.15) is 11.7 Å². The van der Waals surface area contributed by atoms with Crippen molar-refractivity contribution in [2.45, 2.75) is 13.8 Å². The second-order valence-corrected chi connectivity index (χ2v) is 4.80. The van der Waals surface area contributed by atoms with Gasteiger partial charge in [-0.1, -0.05) is 12.1 Å². The maximum absolute atomic E-state index is 11.8. The van der Waals surface area contributed by atoms with Gasteiger partial charge in [0.15, 0.2) is 5.69 Å². The first-order chi connectivity index (χ1) is 10.6. The SMILES string of the molecule is CCOC(=O)c1nc(-c2ccccc2N=C(N)CCl)[nH]c1C. The van der Waals surface area contributed by atoms with E-state index in [1.165, 1.54) is 0 Å². The van der Waals surface area contributed by atoms with Crippen molar-refractivity contribution in [3.63, 3.8) is 0 Å². The van der Waals surface area contributed by atoms with E-state index in [2.05, 4.69) is 15.0 Å². The Morgan fingerprint density at radius 3 is 2.86 bits per heavy atom. The molecular weight excluding hydrogens is 304 g/mol. The molecule has 0 radical (unpaired) electrons. The summed E-state index contributed by atoms with van der Waals surface area (Å²) in [7, 11) is 0. The largest absolute Gasteiger partial charge is 0.461 e. The van der Waals surface area contributed by atoms with Gasteiger partial charge in [0.25, 0.3) is 0 Å². The third-order valence-electron chi connectivity index (χ3n) is 2.91. The molecule has 3 N–H and O–H groups in total. The molecule has 116 valence electrons. The third kappa shape index (κ3) is 3.46. The number of amidine groups is 1. The highest BCUT2D eigenvalue weighted by molar-refractivity contribution is 6.28. The van der Waals surface area contributed by atoms with E-state index >= 15 is 0 Å². The first-order valence-electron chi connectivity index (χ1n) is 6.79. The molecule has 1 aromatic heterocycles. The van der Waals surface area contributed by atoms with Crippen molar-refractivity contribution in [1.82, 2.24) is 9.97 Å². The van der Waals surface area contributed by atoms with Gasteiger partial charge in [0.05, 0.1) is 18.2 Å². The number of nitrogens with one attached hydrogen (secondary N) is 1. The number of benzene rings is 1. The molecule has 0 bridgehead atoms. The van der Waals surface area contributed by atoms with Crippen molar-refractivity contribution in [3.05, 3.63) is 35.7 Å². The van der Waals surface area contributed by atoms with E-state index in [1.807, 2.05) is 18.2 Å². The Kier molecular flexibility index (Phi) is 5.16. The van der Waals surface area contributed by atoms with Crippen LogP contribution in [-0.2, 0) is 4.74 Å². The maximum atomic E-state index is 11.8. The molecule has 0 aliphatic carbocycles. The number of carbonyl (C=O) groups excluding carboxylic acids is 1. The summed E-state index contributed by atoms with van der Waals surface area (Å²) in [5.41, 5.74) is 7.95. The number of aryl methyl sites for hydroxylation is 1. The molecule has 0 amide bonds. The van der Waals surface area contributed by atoms with Gasteiger partial charge in [-0.05, 0) is 26.0 Å². The van der Waals surface area contributed by atoms with Gasteiger partial charge in [-0.15, -0.1) is 11.6 Å². The smallest absolute Gasteiger partial charge is 0.358 e. The fraction of sp³-hybridized carbons (Fsp3) is 0.267. The minimum atomic E-state index is -0.455. The number of hydrogen-bond acceptors (Lipinski definition) is 4. The summed E-state index contributed by atoms with van der Waals surface area (Å²) in [4.78, 5) is 23.5. The number of ether oxygens (including phenoxy) is 1. The lowest BCUT2D eigenvalue weighted by atomic mass is 10.1. The number of imidazole rings is 1. The van der Waals surface area contributed by atoms with Crippen LogP contribution in [0.5, 0.6) is 0 Å². The molecule has 1 heterocycles. The van der Waals surface area contributed by atoms with E-state index in [1.54, 1.807) is 19.9 Å². The molecule has 7 heteroatoms. The van der Waals surface area contributed by atoms with Crippen LogP contribution in [0.4, 0.5) is 5.69 Å². The summed E-state index contributed by atoms with van der Waals surface area (Å²) < 4.78 is 4.98. The van der Waals surface area contributed by atoms with Gasteiger partial charge in [-0.3, -0.25) is 0 Å². The first-order valence-corrected chi connectivity index (χ1v) is 7.32. The number of nitrogens with two attached hydrogens (primary N) is 1. The average molecular weight is 321 g/mol. The van der Waals surface area contributed by atoms with Gasteiger partial charge in [0.2, 0.25) is 0 Å². The minimum absolute atomic E-state index is 0.138. The number of hydrogen-bond donors (Lipinski definition) is 2. The number of halogens is 1. The first kappa shape index (κ1) is 16.0. The summed E-state index contributed by atoms with van der Waals surface area (Å²) in [5.74, 6) is 0.522. The quantitative estimate of drug-likeness (QED) is 0.383. The lowest BCUT2D eigenvalue weighted by Gasteiger charge is -2.03. The van der Waals surface area contributed by atoms with Crippen LogP contribution in [-0.4, -0.2) is 34.3 Å². The second-order valence-electron chi connectivity index (χ2n) is 4.53. The Bertz CT molecular complexity index is 709. The summed E-state index contributed by atoms with van der Waals surface area (Å²) in [6, 6.07) is 7.34. The number of carbonyl (C=O) groups is 1. The van der Waals surface area contributed by atoms with E-state index in [0.29, 0.717) is 29.6 Å². The average Bonchev–Trinajstić information content (AvgIpc) is 2.89. The molecule has 0 aliphatic rings. The zero-order valence-electron chi connectivity index (χ0n) is 12.4. The Morgan fingerprint density at radius 1 is 1.45 bits per heavy atom. The van der Waals surface area contributed by atoms with Crippen LogP contribution in [0.3, 0.4) is 0 Å². The number of nitrogens with zero attached hydrogens (tertiary/aromatic N) is 2. The van der Waals surface area contributed by atoms with Gasteiger partial charge in [0, 0.05) is 11.3 Å². The Hall–Kier alpha value is -2.34. The molecule has 6 nitrogen and oxygen atoms in total. The van der Waals surface area contributed by atoms with Crippen molar-refractivity contribution < 1.29 is 9.53 Å². The van der Waals surface area contributed by atoms with Crippen molar-refractivity contribution >= 4 is 29.1 Å². The van der Waals surface area contributed by atoms with Crippen molar-refractivity contribution in [2.75, 3.05) is 12.5 Å². The zero-order valence-corrected chi connectivity index (χ0v) is 13.1. The molecule has 2 aromatic rings. The van der Waals surface area contributed by atoms with Crippen LogP contribution in [0.25, 0.3) is 11.4 Å². The van der Waals surface area contributed by atoms with Crippen molar-refractivity contribution in [1.29, 1.82) is 0 Å². The fourth-order valence-electron chi connectivity index (χ4n) is 1.94. The lowest BCUT2D eigenvalue weighted by molar-refractivity contribution is 0.0519. The number of aliphatic imine (C=N–C) groups is 1. The highest BCUT2D eigenvalue weighted by atomic mass is 35.5. The van der Waals surface area contributed by atoms with E-state index in [0.717, 1.165) is 5.56 Å². The molecule has 0 unspecified atom stereocenters. The number of alkyl halides is 1. The standard InChI is InChI=1S/C15H17ClN4O2/c1-3-22-15(21)13-9(2)18-14(20-13)10-6-4-5-7-11(10)19-12(17)8-16/h4-7H,3,8H2,1-2H3,(H2,17,19)(H,18,20). The second kappa shape index (κ2) is 7.09. The van der Waals surface area contributed by atoms with Crippen molar-refractivity contribution in [2.24, 2.45) is 10.7 Å². The summed E-state index contributed by atoms with van der Waals surface area (Å²) in [6.07, 6.45) is 0. The van der Waals surface area contributed by atoms with Gasteiger partial charge >= 0.3 is 5.97 Å². The summed E-state index contributed by atoms with van der Waals surface area (Å²) in [5, 5.41) is 0. The molecule has 0 saturated heterocycles. The molecule has 0 aliphatic heterocycles. The number of para-hydroxylation sites is 1. The minimum Gasteiger partial charge on any atom is -0.461 e. The number of aromatic nitrogens is 2. The number of rotatable bonds is 5. The molecule has 0 atom stereocenters. The predicted octanol–water partition coefficient (Wildman–Crippen LogP) is 2.79. The lowest BCUT2D eigenvalue weighted by Crippen LogP contribution is -2.12. The van der Waals surface area contributed by atoms with Crippen LogP contribution in [0, 0.1) is 6.92 Å². The molecular formula is C15H17ClN4O2. The molecule has 2 rings (SSSR count). The van der Waals surface area contributed by atoms with E-state index in [9.17, 15) is 4.79 Å². The molecule has 0 spiro atoms. The highest BCUT2D eigenvalue weighted by Gasteiger charge is 2.18. The monoisotopic (exact) mass is 320 g/mol. The van der Waals surface area contributed by atoms with Gasteiger partial charge in [-0.2, -0.15) is 0 Å². The van der Waals surface area contributed by atoms with E-state index in [4.69, 9.17) is 22.1 Å². The van der Waals surface area contributed by atoms with Crippen LogP contribution in [0.15, 0.2) is 29.3 Å². The Labute approximate surface area is 133 Å². The molecule has 0 saturated carbocycles.